The number of hydrogen-bond donors (Lipinski definition) is 1. The van der Waals surface area contributed by atoms with E-state index in [2.05, 4.69) is 4.98 Å². The summed E-state index contributed by atoms with van der Waals surface area (Å²) in [6, 6.07) is 10.1. The fourth-order valence-corrected chi connectivity index (χ4v) is 1.67. The van der Waals surface area contributed by atoms with E-state index in [0.717, 1.165) is 17.9 Å². The first kappa shape index (κ1) is 14.8. The molecule has 1 aromatic carbocycles. The van der Waals surface area contributed by atoms with E-state index in [1.807, 2.05) is 19.1 Å². The monoisotopic (exact) mass is 287 g/mol. The molecular weight excluding hydrogens is 270 g/mol. The predicted octanol–water partition coefficient (Wildman–Crippen LogP) is 2.94. The lowest BCUT2D eigenvalue weighted by Gasteiger charge is -2.08. The van der Waals surface area contributed by atoms with Crippen LogP contribution in [0.3, 0.4) is 0 Å². The van der Waals surface area contributed by atoms with E-state index in [9.17, 15) is 4.79 Å². The van der Waals surface area contributed by atoms with Gasteiger partial charge in [0.1, 0.15) is 11.5 Å². The fraction of sp³-hybridized carbons (Fsp3) is 0.250. The molecule has 1 aromatic heterocycles. The summed E-state index contributed by atoms with van der Waals surface area (Å²) in [5.41, 5.74) is 1.20. The average molecular weight is 287 g/mol. The zero-order chi connectivity index (χ0) is 15.1. The summed E-state index contributed by atoms with van der Waals surface area (Å²) in [7, 11) is 0. The maximum absolute atomic E-state index is 10.7. The Morgan fingerprint density at radius 3 is 2.24 bits per heavy atom. The number of ether oxygens (including phenoxy) is 2. The number of aromatic nitrogens is 1. The van der Waals surface area contributed by atoms with Crippen LogP contribution in [-0.2, 0) is 0 Å². The van der Waals surface area contributed by atoms with Gasteiger partial charge in [0, 0.05) is 12.1 Å². The van der Waals surface area contributed by atoms with Gasteiger partial charge in [-0.15, -0.1) is 0 Å². The quantitative estimate of drug-likeness (QED) is 0.793. The van der Waals surface area contributed by atoms with Gasteiger partial charge in [-0.25, -0.2) is 4.79 Å². The Hall–Kier alpha value is -2.56. The lowest BCUT2D eigenvalue weighted by molar-refractivity contribution is 0.0697. The Labute approximate surface area is 123 Å². The minimum atomic E-state index is -0.943. The van der Waals surface area contributed by atoms with E-state index in [-0.39, 0.29) is 5.56 Å². The van der Waals surface area contributed by atoms with Crippen molar-refractivity contribution in [3.63, 3.8) is 0 Å². The molecule has 0 amide bonds. The highest BCUT2D eigenvalue weighted by atomic mass is 16.5. The minimum Gasteiger partial charge on any atom is -0.493 e. The van der Waals surface area contributed by atoms with Crippen LogP contribution in [0.1, 0.15) is 22.5 Å². The second-order valence-electron chi connectivity index (χ2n) is 4.52. The molecule has 0 aliphatic heterocycles. The van der Waals surface area contributed by atoms with Crippen LogP contribution in [0.4, 0.5) is 0 Å². The zero-order valence-corrected chi connectivity index (χ0v) is 11.8. The first-order valence-corrected chi connectivity index (χ1v) is 6.67. The SMILES string of the molecule is Cc1ccc(OCCCOc2ccc(C(=O)O)cc2)cn1. The van der Waals surface area contributed by atoms with Gasteiger partial charge in [-0.05, 0) is 43.3 Å². The van der Waals surface area contributed by atoms with E-state index in [1.165, 1.54) is 12.1 Å². The van der Waals surface area contributed by atoms with Crippen molar-refractivity contribution in [2.75, 3.05) is 13.2 Å². The first-order valence-electron chi connectivity index (χ1n) is 6.67. The molecule has 0 bridgehead atoms. The lowest BCUT2D eigenvalue weighted by Crippen LogP contribution is -2.05. The number of benzene rings is 1. The van der Waals surface area contributed by atoms with Crippen LogP contribution >= 0.6 is 0 Å². The van der Waals surface area contributed by atoms with Gasteiger partial charge in [-0.3, -0.25) is 4.98 Å². The molecule has 0 saturated heterocycles. The summed E-state index contributed by atoms with van der Waals surface area (Å²) < 4.78 is 11.0. The molecule has 0 aliphatic carbocycles. The molecule has 0 fully saturated rings. The number of carboxylic acids is 1. The van der Waals surface area contributed by atoms with E-state index < -0.39 is 5.97 Å². The number of carbonyl (C=O) groups is 1. The first-order chi connectivity index (χ1) is 10.1. The number of carboxylic acid groups (broad SMARTS) is 1. The van der Waals surface area contributed by atoms with E-state index in [4.69, 9.17) is 14.6 Å². The van der Waals surface area contributed by atoms with Gasteiger partial charge in [-0.2, -0.15) is 0 Å². The van der Waals surface area contributed by atoms with Crippen LogP contribution in [0.5, 0.6) is 11.5 Å². The van der Waals surface area contributed by atoms with Gasteiger partial charge in [0.25, 0.3) is 0 Å². The largest absolute Gasteiger partial charge is 0.493 e. The highest BCUT2D eigenvalue weighted by Crippen LogP contribution is 2.13. The molecule has 0 unspecified atom stereocenters. The second-order valence-corrected chi connectivity index (χ2v) is 4.52. The number of hydrogen-bond acceptors (Lipinski definition) is 4. The highest BCUT2D eigenvalue weighted by molar-refractivity contribution is 5.87. The van der Waals surface area contributed by atoms with Crippen molar-refractivity contribution >= 4 is 5.97 Å². The van der Waals surface area contributed by atoms with Crippen LogP contribution in [0.25, 0.3) is 0 Å². The molecule has 1 N–H and O–H groups in total. The van der Waals surface area contributed by atoms with Crippen LogP contribution in [0.2, 0.25) is 0 Å². The fourth-order valence-electron chi connectivity index (χ4n) is 1.67. The molecule has 0 radical (unpaired) electrons. The number of nitrogens with zero attached hydrogens (tertiary/aromatic N) is 1. The summed E-state index contributed by atoms with van der Waals surface area (Å²) in [5.74, 6) is 0.449. The summed E-state index contributed by atoms with van der Waals surface area (Å²) in [5, 5.41) is 8.78. The Morgan fingerprint density at radius 1 is 1.05 bits per heavy atom. The number of pyridine rings is 1. The zero-order valence-electron chi connectivity index (χ0n) is 11.8. The van der Waals surface area contributed by atoms with Crippen LogP contribution in [-0.4, -0.2) is 29.3 Å². The molecule has 0 saturated carbocycles. The second kappa shape index (κ2) is 7.28. The van der Waals surface area contributed by atoms with Gasteiger partial charge in [0.15, 0.2) is 0 Å². The van der Waals surface area contributed by atoms with Gasteiger partial charge in [0.2, 0.25) is 0 Å². The highest BCUT2D eigenvalue weighted by Gasteiger charge is 2.02. The normalized spacial score (nSPS) is 10.1. The molecule has 0 atom stereocenters. The van der Waals surface area contributed by atoms with Gasteiger partial charge >= 0.3 is 5.97 Å². The Morgan fingerprint density at radius 2 is 1.67 bits per heavy atom. The third-order valence-electron chi connectivity index (χ3n) is 2.81. The van der Waals surface area contributed by atoms with Gasteiger partial charge in [0.05, 0.1) is 25.0 Å². The molecule has 0 spiro atoms. The maximum atomic E-state index is 10.7. The van der Waals surface area contributed by atoms with Crippen molar-refractivity contribution in [3.8, 4) is 11.5 Å². The van der Waals surface area contributed by atoms with Crippen molar-refractivity contribution in [2.45, 2.75) is 13.3 Å². The van der Waals surface area contributed by atoms with Crippen molar-refractivity contribution in [1.82, 2.24) is 4.98 Å². The topological polar surface area (TPSA) is 68.7 Å². The molecule has 110 valence electrons. The molecule has 0 aliphatic rings. The van der Waals surface area contributed by atoms with Crippen molar-refractivity contribution < 1.29 is 19.4 Å². The van der Waals surface area contributed by atoms with Crippen molar-refractivity contribution in [2.24, 2.45) is 0 Å². The van der Waals surface area contributed by atoms with Crippen LogP contribution in [0, 0.1) is 6.92 Å². The van der Waals surface area contributed by atoms with Crippen molar-refractivity contribution in [3.05, 3.63) is 53.9 Å². The average Bonchev–Trinajstić information content (AvgIpc) is 2.49. The van der Waals surface area contributed by atoms with Gasteiger partial charge in [-0.1, -0.05) is 0 Å². The molecule has 5 nitrogen and oxygen atoms in total. The third-order valence-corrected chi connectivity index (χ3v) is 2.81. The molecular formula is C16H17NO4. The van der Waals surface area contributed by atoms with Crippen molar-refractivity contribution in [1.29, 1.82) is 0 Å². The number of rotatable bonds is 7. The maximum Gasteiger partial charge on any atom is 0.335 e. The molecule has 2 rings (SSSR count). The summed E-state index contributed by atoms with van der Waals surface area (Å²) in [6.45, 7) is 2.97. The summed E-state index contributed by atoms with van der Waals surface area (Å²) >= 11 is 0. The Kier molecular flexibility index (Phi) is 5.15. The number of aromatic carboxylic acids is 1. The van der Waals surface area contributed by atoms with Gasteiger partial charge < -0.3 is 14.6 Å². The molecule has 1 heterocycles. The summed E-state index contributed by atoms with van der Waals surface area (Å²) in [4.78, 5) is 14.8. The van der Waals surface area contributed by atoms with Crippen LogP contribution < -0.4 is 9.47 Å². The molecule has 2 aromatic rings. The van der Waals surface area contributed by atoms with E-state index in [0.29, 0.717) is 19.0 Å². The number of aryl methyl sites for hydroxylation is 1. The third kappa shape index (κ3) is 4.80. The van der Waals surface area contributed by atoms with E-state index >= 15 is 0 Å². The Bertz CT molecular complexity index is 578. The molecule has 5 heteroatoms. The standard InChI is InChI=1S/C16H17NO4/c1-12-3-6-15(11-17-12)21-10-2-9-20-14-7-4-13(5-8-14)16(18)19/h3-8,11H,2,9-10H2,1H3,(H,18,19). The summed E-state index contributed by atoms with van der Waals surface area (Å²) in [6.07, 6.45) is 2.43. The van der Waals surface area contributed by atoms with E-state index in [1.54, 1.807) is 18.3 Å². The predicted molar refractivity (Wildman–Crippen MR) is 78.0 cm³/mol. The minimum absolute atomic E-state index is 0.248. The Balaban J connectivity index is 1.67. The lowest BCUT2D eigenvalue weighted by atomic mass is 10.2. The smallest absolute Gasteiger partial charge is 0.335 e. The molecule has 21 heavy (non-hydrogen) atoms. The van der Waals surface area contributed by atoms with Crippen LogP contribution in [0.15, 0.2) is 42.6 Å².